The van der Waals surface area contributed by atoms with Crippen molar-refractivity contribution in [3.05, 3.63) is 48.0 Å². The molecular formula is C20H25NO3. The molecule has 0 aromatic heterocycles. The summed E-state index contributed by atoms with van der Waals surface area (Å²) in [5.41, 5.74) is 0.254. The number of hydrogen-bond acceptors (Lipinski definition) is 3. The number of nitrogens with one attached hydrogen (secondary N) is 1. The number of hydrogen-bond donors (Lipinski definition) is 1. The minimum atomic E-state index is -0.490. The molecule has 0 fully saturated rings. The highest BCUT2D eigenvalue weighted by atomic mass is 16.6. The normalized spacial score (nSPS) is 11.3. The third kappa shape index (κ3) is 5.69. The van der Waals surface area contributed by atoms with Crippen molar-refractivity contribution in [3.8, 4) is 0 Å². The fraction of sp³-hybridized carbons (Fsp3) is 0.400. The smallest absolute Gasteiger partial charge is 0.407 e. The SMILES string of the molecule is CC(C)(C)OC(=O)NCCCCC(=O)c1ccc2ccccc2c1. The number of fused-ring (bicyclic) bond motifs is 1. The summed E-state index contributed by atoms with van der Waals surface area (Å²) >= 11 is 0. The highest BCUT2D eigenvalue weighted by Gasteiger charge is 2.15. The number of carbonyl (C=O) groups excluding carboxylic acids is 2. The van der Waals surface area contributed by atoms with Crippen molar-refractivity contribution in [2.75, 3.05) is 6.54 Å². The Labute approximate surface area is 143 Å². The highest BCUT2D eigenvalue weighted by molar-refractivity contribution is 5.99. The first-order valence-electron chi connectivity index (χ1n) is 8.34. The molecule has 24 heavy (non-hydrogen) atoms. The number of Topliss-reactive ketones (excluding diaryl/α,β-unsaturated/α-hetero) is 1. The Hall–Kier alpha value is -2.36. The van der Waals surface area contributed by atoms with Gasteiger partial charge in [-0.3, -0.25) is 4.79 Å². The maximum Gasteiger partial charge on any atom is 0.407 e. The van der Waals surface area contributed by atoms with Gasteiger partial charge in [-0.15, -0.1) is 0 Å². The number of rotatable bonds is 6. The van der Waals surface area contributed by atoms with E-state index >= 15 is 0 Å². The molecule has 1 N–H and O–H groups in total. The number of amides is 1. The summed E-state index contributed by atoms with van der Waals surface area (Å²) in [5, 5.41) is 4.92. The van der Waals surface area contributed by atoms with Crippen LogP contribution in [0.2, 0.25) is 0 Å². The lowest BCUT2D eigenvalue weighted by atomic mass is 10.0. The van der Waals surface area contributed by atoms with Crippen LogP contribution in [0.25, 0.3) is 10.8 Å². The van der Waals surface area contributed by atoms with Crippen LogP contribution < -0.4 is 5.32 Å². The molecule has 0 radical (unpaired) electrons. The van der Waals surface area contributed by atoms with E-state index in [0.29, 0.717) is 13.0 Å². The van der Waals surface area contributed by atoms with Crippen LogP contribution in [0, 0.1) is 0 Å². The molecule has 4 heteroatoms. The van der Waals surface area contributed by atoms with Gasteiger partial charge in [-0.05, 0) is 50.5 Å². The van der Waals surface area contributed by atoms with E-state index in [1.54, 1.807) is 0 Å². The molecule has 0 bridgehead atoms. The lowest BCUT2D eigenvalue weighted by Gasteiger charge is -2.19. The van der Waals surface area contributed by atoms with E-state index in [9.17, 15) is 9.59 Å². The summed E-state index contributed by atoms with van der Waals surface area (Å²) in [5.74, 6) is 0.137. The molecular weight excluding hydrogens is 302 g/mol. The molecule has 1 amide bonds. The van der Waals surface area contributed by atoms with Gasteiger partial charge in [0.05, 0.1) is 0 Å². The summed E-state index contributed by atoms with van der Waals surface area (Å²) in [7, 11) is 0. The second-order valence-corrected chi connectivity index (χ2v) is 6.87. The average Bonchev–Trinajstić information content (AvgIpc) is 2.52. The van der Waals surface area contributed by atoms with Gasteiger partial charge in [0.1, 0.15) is 5.60 Å². The summed E-state index contributed by atoms with van der Waals surface area (Å²) < 4.78 is 5.16. The monoisotopic (exact) mass is 327 g/mol. The van der Waals surface area contributed by atoms with Gasteiger partial charge < -0.3 is 10.1 Å². The Morgan fingerprint density at radius 3 is 2.42 bits per heavy atom. The molecule has 0 aliphatic carbocycles. The Balaban J connectivity index is 1.74. The van der Waals surface area contributed by atoms with E-state index in [4.69, 9.17) is 4.74 Å². The molecule has 0 saturated carbocycles. The zero-order valence-corrected chi connectivity index (χ0v) is 14.6. The molecule has 2 aromatic carbocycles. The van der Waals surface area contributed by atoms with Crippen LogP contribution in [0.4, 0.5) is 4.79 Å². The minimum absolute atomic E-state index is 0.137. The Morgan fingerprint density at radius 2 is 1.71 bits per heavy atom. The van der Waals surface area contributed by atoms with E-state index in [1.807, 2.05) is 63.2 Å². The van der Waals surface area contributed by atoms with Crippen LogP contribution >= 0.6 is 0 Å². The van der Waals surface area contributed by atoms with Crippen molar-refractivity contribution in [1.82, 2.24) is 5.32 Å². The van der Waals surface area contributed by atoms with Crippen molar-refractivity contribution in [3.63, 3.8) is 0 Å². The molecule has 2 rings (SSSR count). The largest absolute Gasteiger partial charge is 0.444 e. The van der Waals surface area contributed by atoms with Crippen LogP contribution in [0.3, 0.4) is 0 Å². The van der Waals surface area contributed by atoms with E-state index in [1.165, 1.54) is 0 Å². The molecule has 128 valence electrons. The quantitative estimate of drug-likeness (QED) is 0.617. The standard InChI is InChI=1S/C20H25NO3/c1-20(2,3)24-19(23)21-13-7-6-10-18(22)17-12-11-15-8-4-5-9-16(15)14-17/h4-5,8-9,11-12,14H,6-7,10,13H2,1-3H3,(H,21,23). The fourth-order valence-corrected chi connectivity index (χ4v) is 2.42. The van der Waals surface area contributed by atoms with Crippen molar-refractivity contribution >= 4 is 22.6 Å². The number of benzene rings is 2. The Bertz CT molecular complexity index is 716. The van der Waals surface area contributed by atoms with E-state index in [-0.39, 0.29) is 5.78 Å². The third-order valence-electron chi connectivity index (χ3n) is 3.57. The fourth-order valence-electron chi connectivity index (χ4n) is 2.42. The number of unbranched alkanes of at least 4 members (excludes halogenated alkanes) is 1. The molecule has 4 nitrogen and oxygen atoms in total. The van der Waals surface area contributed by atoms with E-state index in [2.05, 4.69) is 5.32 Å². The average molecular weight is 327 g/mol. The lowest BCUT2D eigenvalue weighted by Crippen LogP contribution is -2.33. The Morgan fingerprint density at radius 1 is 1.00 bits per heavy atom. The zero-order chi connectivity index (χ0) is 17.6. The van der Waals surface area contributed by atoms with Gasteiger partial charge >= 0.3 is 6.09 Å². The van der Waals surface area contributed by atoms with Gasteiger partial charge in [-0.2, -0.15) is 0 Å². The van der Waals surface area contributed by atoms with Gasteiger partial charge in [0.15, 0.2) is 5.78 Å². The third-order valence-corrected chi connectivity index (χ3v) is 3.57. The molecule has 0 heterocycles. The van der Waals surface area contributed by atoms with Crippen LogP contribution in [0.1, 0.15) is 50.4 Å². The second-order valence-electron chi connectivity index (χ2n) is 6.87. The predicted octanol–water partition coefficient (Wildman–Crippen LogP) is 4.72. The predicted molar refractivity (Wildman–Crippen MR) is 96.4 cm³/mol. The van der Waals surface area contributed by atoms with Crippen molar-refractivity contribution in [1.29, 1.82) is 0 Å². The van der Waals surface area contributed by atoms with Crippen molar-refractivity contribution < 1.29 is 14.3 Å². The summed E-state index contributed by atoms with van der Waals surface area (Å²) in [6.45, 7) is 6.00. The first-order valence-corrected chi connectivity index (χ1v) is 8.34. The van der Waals surface area contributed by atoms with Crippen LogP contribution in [-0.2, 0) is 4.74 Å². The molecule has 0 spiro atoms. The maximum atomic E-state index is 12.3. The lowest BCUT2D eigenvalue weighted by molar-refractivity contribution is 0.0527. The molecule has 0 saturated heterocycles. The van der Waals surface area contributed by atoms with Gasteiger partial charge in [0.2, 0.25) is 0 Å². The van der Waals surface area contributed by atoms with Crippen molar-refractivity contribution in [2.45, 2.75) is 45.6 Å². The molecule has 0 aliphatic heterocycles. The van der Waals surface area contributed by atoms with Crippen LogP contribution in [-0.4, -0.2) is 24.0 Å². The number of alkyl carbamates (subject to hydrolysis) is 1. The summed E-state index contributed by atoms with van der Waals surface area (Å²) in [4.78, 5) is 23.8. The molecule has 2 aromatic rings. The summed E-state index contributed by atoms with van der Waals surface area (Å²) in [6.07, 6.45) is 1.55. The van der Waals surface area contributed by atoms with Crippen molar-refractivity contribution in [2.24, 2.45) is 0 Å². The van der Waals surface area contributed by atoms with Gasteiger partial charge in [0, 0.05) is 18.5 Å². The second kappa shape index (κ2) is 7.95. The molecule has 0 atom stereocenters. The van der Waals surface area contributed by atoms with Gasteiger partial charge in [-0.25, -0.2) is 4.79 Å². The van der Waals surface area contributed by atoms with Crippen LogP contribution in [0.5, 0.6) is 0 Å². The van der Waals surface area contributed by atoms with Crippen LogP contribution in [0.15, 0.2) is 42.5 Å². The zero-order valence-electron chi connectivity index (χ0n) is 14.6. The first kappa shape index (κ1) is 18.0. The first-order chi connectivity index (χ1) is 11.3. The van der Waals surface area contributed by atoms with Gasteiger partial charge in [-0.1, -0.05) is 36.4 Å². The molecule has 0 unspecified atom stereocenters. The minimum Gasteiger partial charge on any atom is -0.444 e. The van der Waals surface area contributed by atoms with E-state index < -0.39 is 11.7 Å². The number of ether oxygens (including phenoxy) is 1. The summed E-state index contributed by atoms with van der Waals surface area (Å²) in [6, 6.07) is 13.8. The Kier molecular flexibility index (Phi) is 5.96. The van der Waals surface area contributed by atoms with Gasteiger partial charge in [0.25, 0.3) is 0 Å². The highest BCUT2D eigenvalue weighted by Crippen LogP contribution is 2.17. The maximum absolute atomic E-state index is 12.3. The number of ketones is 1. The number of carbonyl (C=O) groups is 2. The van der Waals surface area contributed by atoms with E-state index in [0.717, 1.165) is 29.2 Å². The molecule has 0 aliphatic rings. The topological polar surface area (TPSA) is 55.4 Å².